The largest absolute Gasteiger partial charge is 0.348 e. The maximum absolute atomic E-state index is 13.8. The van der Waals surface area contributed by atoms with Gasteiger partial charge in [0.15, 0.2) is 11.5 Å². The monoisotopic (exact) mass is 490 g/mol. The lowest BCUT2D eigenvalue weighted by atomic mass is 10.3. The van der Waals surface area contributed by atoms with E-state index in [1.807, 2.05) is 0 Å². The lowest BCUT2D eigenvalue weighted by Crippen LogP contribution is -2.25. The molecule has 4 rings (SSSR count). The number of aromatic nitrogens is 4. The Morgan fingerprint density at radius 1 is 1.23 bits per heavy atom. The summed E-state index contributed by atoms with van der Waals surface area (Å²) in [6, 6.07) is 7.94. The van der Waals surface area contributed by atoms with E-state index in [2.05, 4.69) is 41.6 Å². The van der Waals surface area contributed by atoms with Crippen LogP contribution in [-0.2, 0) is 4.79 Å². The average Bonchev–Trinajstić information content (AvgIpc) is 3.39. The van der Waals surface area contributed by atoms with Gasteiger partial charge in [0.1, 0.15) is 17.2 Å². The fourth-order valence-corrected chi connectivity index (χ4v) is 3.51. The third kappa shape index (κ3) is 5.22. The highest BCUT2D eigenvalue weighted by Gasteiger charge is 2.24. The van der Waals surface area contributed by atoms with Gasteiger partial charge in [-0.1, -0.05) is 27.7 Å². The van der Waals surface area contributed by atoms with Crippen molar-refractivity contribution in [2.45, 2.75) is 23.9 Å². The predicted molar refractivity (Wildman–Crippen MR) is 113 cm³/mol. The van der Waals surface area contributed by atoms with E-state index >= 15 is 0 Å². The Kier molecular flexibility index (Phi) is 6.09. The smallest absolute Gasteiger partial charge is 0.272 e. The van der Waals surface area contributed by atoms with Crippen molar-refractivity contribution in [2.24, 2.45) is 0 Å². The van der Waals surface area contributed by atoms with Crippen LogP contribution in [0.3, 0.4) is 0 Å². The van der Waals surface area contributed by atoms with Gasteiger partial charge in [-0.05, 0) is 37.1 Å². The lowest BCUT2D eigenvalue weighted by molar-refractivity contribution is -0.113. The first-order valence-corrected chi connectivity index (χ1v) is 10.8. The van der Waals surface area contributed by atoms with E-state index in [1.165, 1.54) is 34.9 Å². The van der Waals surface area contributed by atoms with Crippen LogP contribution in [0.1, 0.15) is 23.3 Å². The van der Waals surface area contributed by atoms with Crippen LogP contribution >= 0.6 is 27.7 Å². The molecule has 2 amide bonds. The second-order valence-electron chi connectivity index (χ2n) is 6.57. The SMILES string of the molecule is O=C(CSc1cc(-n2ccc(C(=O)NC3CC3)n2)ncn1)Nc1ccc(Br)cc1F. The number of amides is 2. The number of rotatable bonds is 7. The van der Waals surface area contributed by atoms with E-state index < -0.39 is 5.82 Å². The highest BCUT2D eigenvalue weighted by atomic mass is 79.9. The summed E-state index contributed by atoms with van der Waals surface area (Å²) in [4.78, 5) is 32.5. The normalized spacial score (nSPS) is 13.1. The van der Waals surface area contributed by atoms with Gasteiger partial charge in [0.2, 0.25) is 5.91 Å². The minimum atomic E-state index is -0.521. The molecule has 1 aliphatic rings. The van der Waals surface area contributed by atoms with Gasteiger partial charge in [0.25, 0.3) is 5.91 Å². The number of halogens is 2. The Balaban J connectivity index is 1.37. The van der Waals surface area contributed by atoms with Crippen LogP contribution < -0.4 is 10.6 Å². The fraction of sp³-hybridized carbons (Fsp3) is 0.211. The second-order valence-corrected chi connectivity index (χ2v) is 8.48. The first-order valence-electron chi connectivity index (χ1n) is 9.04. The Morgan fingerprint density at radius 3 is 2.83 bits per heavy atom. The molecule has 0 unspecified atom stereocenters. The average molecular weight is 491 g/mol. The van der Waals surface area contributed by atoms with Gasteiger partial charge in [0, 0.05) is 22.8 Å². The standard InChI is InChI=1S/C19H16BrFN6O2S/c20-11-1-4-14(13(21)7-11)25-17(28)9-30-18-8-16(22-10-23-18)27-6-5-15(26-27)19(29)24-12-2-3-12/h1,4-8,10,12H,2-3,9H2,(H,24,29)(H,25,28). The van der Waals surface area contributed by atoms with E-state index in [1.54, 1.807) is 24.4 Å². The van der Waals surface area contributed by atoms with Gasteiger partial charge in [-0.25, -0.2) is 19.0 Å². The number of carbonyl (C=O) groups excluding carboxylic acids is 2. The number of hydrogen-bond donors (Lipinski definition) is 2. The van der Waals surface area contributed by atoms with Gasteiger partial charge in [-0.3, -0.25) is 9.59 Å². The van der Waals surface area contributed by atoms with Gasteiger partial charge in [0.05, 0.1) is 11.4 Å². The zero-order valence-corrected chi connectivity index (χ0v) is 17.9. The molecule has 1 saturated carbocycles. The first-order chi connectivity index (χ1) is 14.5. The van der Waals surface area contributed by atoms with Gasteiger partial charge in [-0.2, -0.15) is 5.10 Å². The van der Waals surface area contributed by atoms with Crippen molar-refractivity contribution in [2.75, 3.05) is 11.1 Å². The molecule has 2 heterocycles. The lowest BCUT2D eigenvalue weighted by Gasteiger charge is -2.07. The third-order valence-electron chi connectivity index (χ3n) is 4.15. The maximum atomic E-state index is 13.8. The molecule has 8 nitrogen and oxygen atoms in total. The Labute approximate surface area is 183 Å². The summed E-state index contributed by atoms with van der Waals surface area (Å²) in [5.74, 6) is -0.582. The molecule has 1 fully saturated rings. The molecule has 0 saturated heterocycles. The van der Waals surface area contributed by atoms with E-state index in [9.17, 15) is 14.0 Å². The molecular formula is C19H16BrFN6O2S. The minimum Gasteiger partial charge on any atom is -0.348 e. The van der Waals surface area contributed by atoms with Crippen molar-refractivity contribution in [1.82, 2.24) is 25.1 Å². The quantitative estimate of drug-likeness (QED) is 0.389. The van der Waals surface area contributed by atoms with Gasteiger partial charge >= 0.3 is 0 Å². The molecule has 3 aromatic rings. The molecule has 30 heavy (non-hydrogen) atoms. The molecule has 0 radical (unpaired) electrons. The summed E-state index contributed by atoms with van der Waals surface area (Å²) >= 11 is 4.35. The number of benzene rings is 1. The van der Waals surface area contributed by atoms with Crippen molar-refractivity contribution in [3.8, 4) is 5.82 Å². The zero-order valence-electron chi connectivity index (χ0n) is 15.5. The summed E-state index contributed by atoms with van der Waals surface area (Å²) in [6.45, 7) is 0. The number of hydrogen-bond acceptors (Lipinski definition) is 6. The molecule has 1 aromatic carbocycles. The van der Waals surface area contributed by atoms with Crippen LogP contribution in [0, 0.1) is 5.82 Å². The molecule has 1 aliphatic carbocycles. The third-order valence-corrected chi connectivity index (χ3v) is 5.57. The summed E-state index contributed by atoms with van der Waals surface area (Å²) < 4.78 is 15.9. The number of nitrogens with zero attached hydrogens (tertiary/aromatic N) is 4. The summed E-state index contributed by atoms with van der Waals surface area (Å²) in [6.07, 6.45) is 5.00. The minimum absolute atomic E-state index is 0.0418. The number of thioether (sulfide) groups is 1. The molecule has 11 heteroatoms. The highest BCUT2D eigenvalue weighted by Crippen LogP contribution is 2.22. The van der Waals surface area contributed by atoms with Crippen molar-refractivity contribution >= 4 is 45.2 Å². The number of anilines is 1. The summed E-state index contributed by atoms with van der Waals surface area (Å²) in [5, 5.41) is 10.2. The van der Waals surface area contributed by atoms with Gasteiger partial charge in [-0.15, -0.1) is 0 Å². The van der Waals surface area contributed by atoms with Crippen molar-refractivity contribution in [3.05, 3.63) is 58.8 Å². The zero-order chi connectivity index (χ0) is 21.1. The number of carbonyl (C=O) groups is 2. The van der Waals surface area contributed by atoms with Gasteiger partial charge < -0.3 is 10.6 Å². The van der Waals surface area contributed by atoms with Crippen molar-refractivity contribution in [1.29, 1.82) is 0 Å². The molecule has 154 valence electrons. The molecule has 0 spiro atoms. The Hall–Kier alpha value is -2.79. The Bertz CT molecular complexity index is 1100. The second kappa shape index (κ2) is 8.92. The van der Waals surface area contributed by atoms with Crippen LogP contribution in [0.25, 0.3) is 5.82 Å². The molecule has 0 atom stereocenters. The molecular weight excluding hydrogens is 475 g/mol. The summed E-state index contributed by atoms with van der Waals surface area (Å²) in [7, 11) is 0. The highest BCUT2D eigenvalue weighted by molar-refractivity contribution is 9.10. The molecule has 2 N–H and O–H groups in total. The van der Waals surface area contributed by atoms with Crippen LogP contribution in [0.4, 0.5) is 10.1 Å². The van der Waals surface area contributed by atoms with Crippen LogP contribution in [0.15, 0.2) is 52.4 Å². The Morgan fingerprint density at radius 2 is 2.07 bits per heavy atom. The summed E-state index contributed by atoms with van der Waals surface area (Å²) in [5.41, 5.74) is 0.423. The number of nitrogens with one attached hydrogen (secondary N) is 2. The van der Waals surface area contributed by atoms with E-state index in [0.29, 0.717) is 21.0 Å². The first kappa shape index (κ1) is 20.5. The maximum Gasteiger partial charge on any atom is 0.272 e. The molecule has 2 aromatic heterocycles. The van der Waals surface area contributed by atoms with Crippen molar-refractivity contribution in [3.63, 3.8) is 0 Å². The fourth-order valence-electron chi connectivity index (χ4n) is 2.51. The van der Waals surface area contributed by atoms with Crippen LogP contribution in [0.2, 0.25) is 0 Å². The van der Waals surface area contributed by atoms with E-state index in [0.717, 1.165) is 12.8 Å². The molecule has 0 aliphatic heterocycles. The van der Waals surface area contributed by atoms with Crippen LogP contribution in [-0.4, -0.2) is 43.4 Å². The van der Waals surface area contributed by atoms with E-state index in [-0.39, 0.29) is 29.3 Å². The van der Waals surface area contributed by atoms with Crippen LogP contribution in [0.5, 0.6) is 0 Å². The predicted octanol–water partition coefficient (Wildman–Crippen LogP) is 3.19. The van der Waals surface area contributed by atoms with E-state index in [4.69, 9.17) is 0 Å². The molecule has 0 bridgehead atoms. The topological polar surface area (TPSA) is 102 Å². The van der Waals surface area contributed by atoms with Crippen molar-refractivity contribution < 1.29 is 14.0 Å².